The summed E-state index contributed by atoms with van der Waals surface area (Å²) >= 11 is 0. The van der Waals surface area contributed by atoms with Crippen LogP contribution >= 0.6 is 0 Å². The van der Waals surface area contributed by atoms with Crippen molar-refractivity contribution >= 4 is 23.6 Å². The molecule has 5 aromatic rings. The second-order valence-corrected chi connectivity index (χ2v) is 14.4. The van der Waals surface area contributed by atoms with Crippen molar-refractivity contribution in [3.8, 4) is 11.1 Å². The Morgan fingerprint density at radius 3 is 1.72 bits per heavy atom. The summed E-state index contributed by atoms with van der Waals surface area (Å²) in [7, 11) is 0. The smallest absolute Gasteiger partial charge is 0.348 e. The Morgan fingerprint density at radius 2 is 1.21 bits per heavy atom. The van der Waals surface area contributed by atoms with Gasteiger partial charge in [0.2, 0.25) is 11.8 Å². The molecule has 58 heavy (non-hydrogen) atoms. The molecule has 0 aliphatic carbocycles. The molecule has 7 rings (SSSR count). The lowest BCUT2D eigenvalue weighted by Gasteiger charge is -2.23. The van der Waals surface area contributed by atoms with E-state index in [1.807, 2.05) is 54.6 Å². The Hall–Kier alpha value is -6.69. The number of nitrogens with one attached hydrogen (secondary N) is 2. The van der Waals surface area contributed by atoms with E-state index < -0.39 is 23.6 Å². The van der Waals surface area contributed by atoms with Gasteiger partial charge in [-0.15, -0.1) is 0 Å². The van der Waals surface area contributed by atoms with Gasteiger partial charge in [0.25, 0.3) is 11.8 Å². The first-order valence-corrected chi connectivity index (χ1v) is 19.4. The summed E-state index contributed by atoms with van der Waals surface area (Å²) in [6.07, 6.45) is 7.63. The predicted octanol–water partition coefficient (Wildman–Crippen LogP) is 7.09. The number of furan rings is 2. The summed E-state index contributed by atoms with van der Waals surface area (Å²) in [5.74, 6) is 0.663. The fourth-order valence-corrected chi connectivity index (χ4v) is 6.96. The average Bonchev–Trinajstić information content (AvgIpc) is 4.08. The number of nitrogens with zero attached hydrogens (tertiary/aromatic N) is 2. The molecule has 2 atom stereocenters. The minimum Gasteiger partial charge on any atom is -0.467 e. The number of likely N-dealkylation sites (tertiary alicyclic amines) is 2. The Bertz CT molecular complexity index is 2260. The Kier molecular flexibility index (Phi) is 13.7. The van der Waals surface area contributed by atoms with Gasteiger partial charge < -0.3 is 33.7 Å². The van der Waals surface area contributed by atoms with Crippen LogP contribution in [0.2, 0.25) is 0 Å². The average molecular weight is 785 g/mol. The highest BCUT2D eigenvalue weighted by Gasteiger charge is 2.38. The van der Waals surface area contributed by atoms with Gasteiger partial charge in [0.1, 0.15) is 34.9 Å². The molecular weight excluding hydrogens is 737 g/mol. The van der Waals surface area contributed by atoms with Crippen LogP contribution < -0.4 is 16.3 Å². The third-order valence-corrected chi connectivity index (χ3v) is 10.0. The van der Waals surface area contributed by atoms with Crippen molar-refractivity contribution in [3.63, 3.8) is 0 Å². The van der Waals surface area contributed by atoms with Gasteiger partial charge in [-0.2, -0.15) is 0 Å². The quantitative estimate of drug-likeness (QED) is 0.0948. The highest BCUT2D eigenvalue weighted by molar-refractivity contribution is 5.99. The monoisotopic (exact) mass is 784 g/mol. The first-order chi connectivity index (χ1) is 28.1. The van der Waals surface area contributed by atoms with Crippen molar-refractivity contribution in [2.24, 2.45) is 0 Å². The Morgan fingerprint density at radius 1 is 0.655 bits per heavy atom. The number of unbranched alkanes of at least 4 members (excludes halogenated alkanes) is 2. The molecule has 0 saturated carbocycles. The third kappa shape index (κ3) is 10.4. The van der Waals surface area contributed by atoms with Crippen LogP contribution in [0.1, 0.15) is 77.0 Å². The van der Waals surface area contributed by atoms with Gasteiger partial charge in [-0.3, -0.25) is 19.2 Å². The van der Waals surface area contributed by atoms with Crippen LogP contribution in [0.4, 0.5) is 0 Å². The number of carbonyl (C=O) groups excluding carboxylic acids is 4. The van der Waals surface area contributed by atoms with Crippen LogP contribution in [0.25, 0.3) is 11.1 Å². The van der Waals surface area contributed by atoms with Gasteiger partial charge in [0, 0.05) is 25.1 Å². The second kappa shape index (κ2) is 19.4. The normalized spacial score (nSPS) is 16.2. The molecule has 2 aromatic carbocycles. The van der Waals surface area contributed by atoms with Crippen LogP contribution in [0.15, 0.2) is 146 Å². The van der Waals surface area contributed by atoms with E-state index in [4.69, 9.17) is 13.3 Å². The number of rotatable bonds is 13. The summed E-state index contributed by atoms with van der Waals surface area (Å²) in [4.78, 5) is 66.7. The number of hydrogen-bond donors (Lipinski definition) is 2. The van der Waals surface area contributed by atoms with E-state index in [-0.39, 0.29) is 36.4 Å². The summed E-state index contributed by atoms with van der Waals surface area (Å²) in [5.41, 5.74) is 3.59. The lowest BCUT2D eigenvalue weighted by molar-refractivity contribution is -0.125. The Balaban J connectivity index is 0.000000196. The minimum absolute atomic E-state index is 0.0669. The van der Waals surface area contributed by atoms with Gasteiger partial charge in [-0.1, -0.05) is 86.5 Å². The second-order valence-electron chi connectivity index (χ2n) is 14.4. The first kappa shape index (κ1) is 41.0. The van der Waals surface area contributed by atoms with E-state index in [1.165, 1.54) is 17.2 Å². The predicted molar refractivity (Wildman–Crippen MR) is 218 cm³/mol. The lowest BCUT2D eigenvalue weighted by Crippen LogP contribution is -2.46. The number of hydrogen-bond acceptors (Lipinski definition) is 8. The number of benzene rings is 2. The van der Waals surface area contributed by atoms with Crippen molar-refractivity contribution in [2.75, 3.05) is 13.1 Å². The van der Waals surface area contributed by atoms with Gasteiger partial charge in [-0.25, -0.2) is 4.79 Å². The zero-order valence-electron chi connectivity index (χ0n) is 32.6. The molecule has 5 heterocycles. The lowest BCUT2D eigenvalue weighted by atomic mass is 10.0. The molecule has 0 unspecified atom stereocenters. The van der Waals surface area contributed by atoms with Crippen LogP contribution in [0.3, 0.4) is 0 Å². The topological polar surface area (TPSA) is 155 Å². The highest BCUT2D eigenvalue weighted by Crippen LogP contribution is 2.26. The molecule has 2 saturated heterocycles. The van der Waals surface area contributed by atoms with Gasteiger partial charge in [0.15, 0.2) is 0 Å². The first-order valence-electron chi connectivity index (χ1n) is 19.4. The summed E-state index contributed by atoms with van der Waals surface area (Å²) in [6, 6.07) is 26.4. The van der Waals surface area contributed by atoms with Crippen molar-refractivity contribution in [1.82, 2.24) is 20.4 Å². The number of amides is 4. The van der Waals surface area contributed by atoms with Gasteiger partial charge >= 0.3 is 5.63 Å². The van der Waals surface area contributed by atoms with Gasteiger partial charge in [0.05, 0.1) is 25.6 Å². The SMILES string of the molecule is C=C1C[C@@H](C(=O)NCc2ccco2)N(C(=O)c2ccc(-c3ccccc3)cc2)C1.C=C1C[C@@H](C(=O)NCc2ccco2)N(C(=O)c2ccc(CCCCC)oc2=O)C1. The highest BCUT2D eigenvalue weighted by atomic mass is 16.4. The zero-order valence-corrected chi connectivity index (χ0v) is 32.6. The molecule has 2 N–H and O–H groups in total. The molecule has 2 aliphatic rings. The molecule has 0 bridgehead atoms. The van der Waals surface area contributed by atoms with Crippen LogP contribution in [0, 0.1) is 0 Å². The number of carbonyl (C=O) groups is 4. The van der Waals surface area contributed by atoms with E-state index >= 15 is 0 Å². The van der Waals surface area contributed by atoms with Crippen molar-refractivity contribution in [3.05, 3.63) is 167 Å². The van der Waals surface area contributed by atoms with Crippen LogP contribution in [-0.2, 0) is 29.1 Å². The maximum Gasteiger partial charge on any atom is 0.348 e. The van der Waals surface area contributed by atoms with Crippen molar-refractivity contribution in [2.45, 2.75) is 70.6 Å². The maximum absolute atomic E-state index is 13.1. The van der Waals surface area contributed by atoms with Crippen LogP contribution in [0.5, 0.6) is 0 Å². The van der Waals surface area contributed by atoms with E-state index in [2.05, 4.69) is 30.7 Å². The van der Waals surface area contributed by atoms with Crippen LogP contribution in [-0.4, -0.2) is 58.6 Å². The zero-order chi connectivity index (χ0) is 41.0. The molecule has 0 spiro atoms. The molecule has 4 amide bonds. The van der Waals surface area contributed by atoms with E-state index in [0.29, 0.717) is 55.2 Å². The van der Waals surface area contributed by atoms with E-state index in [1.54, 1.807) is 41.5 Å². The molecule has 0 radical (unpaired) electrons. The maximum atomic E-state index is 13.1. The molecule has 2 fully saturated rings. The van der Waals surface area contributed by atoms with Crippen molar-refractivity contribution in [1.29, 1.82) is 0 Å². The van der Waals surface area contributed by atoms with E-state index in [0.717, 1.165) is 41.5 Å². The third-order valence-electron chi connectivity index (χ3n) is 10.0. The molecule has 12 nitrogen and oxygen atoms in total. The van der Waals surface area contributed by atoms with Gasteiger partial charge in [-0.05, 0) is 78.9 Å². The molecule has 2 aliphatic heterocycles. The minimum atomic E-state index is -0.714. The van der Waals surface area contributed by atoms with E-state index in [9.17, 15) is 24.0 Å². The molecule has 3 aromatic heterocycles. The molecule has 300 valence electrons. The van der Waals surface area contributed by atoms with Crippen molar-refractivity contribution < 1.29 is 32.4 Å². The Labute approximate surface area is 337 Å². The fraction of sp³-hybridized carbons (Fsp3) is 0.283. The summed E-state index contributed by atoms with van der Waals surface area (Å²) in [5, 5.41) is 5.61. The molecule has 12 heteroatoms. The molecular formula is C46H48N4O8. The standard InChI is InChI=1S/C24H22N2O3.C22H26N2O5/c1-17-14-22(23(27)25-15-21-8-5-13-29-21)26(16-17)24(28)20-11-9-19(10-12-20)18-6-3-2-4-7-18;1-3-4-5-7-16-9-10-18(22(27)29-16)21(26)24-14-15(2)12-19(24)20(25)23-13-17-8-6-11-28-17/h2-13,22H,1,14-16H2,(H,25,27);6,8-11,19H,2-5,7,12-14H2,1H3,(H,23,25)/t22-;19-/m00/s1. The summed E-state index contributed by atoms with van der Waals surface area (Å²) < 4.78 is 15.8. The summed E-state index contributed by atoms with van der Waals surface area (Å²) in [6.45, 7) is 11.1. The number of aryl methyl sites for hydroxylation is 1. The largest absolute Gasteiger partial charge is 0.467 e. The fourth-order valence-electron chi connectivity index (χ4n) is 6.96.